The number of aryl methyl sites for hydroxylation is 1. The number of hydrogen-bond acceptors (Lipinski definition) is 8. The molecule has 0 saturated heterocycles. The fraction of sp³-hybridized carbons (Fsp3) is 0.182. The van der Waals surface area contributed by atoms with Gasteiger partial charge >= 0.3 is 5.97 Å². The highest BCUT2D eigenvalue weighted by atomic mass is 16.6. The standard InChI is InChI=1S/C11H10N4O5/c1-6-13-10(20-14-6)5-19-11(16)8-4-7(15(17)18)2-3-9(8)12/h2-4H,5,12H2,1H3. The van der Waals surface area contributed by atoms with Crippen molar-refractivity contribution < 1.29 is 19.0 Å². The third kappa shape index (κ3) is 2.88. The van der Waals surface area contributed by atoms with Gasteiger partial charge in [-0.05, 0) is 13.0 Å². The van der Waals surface area contributed by atoms with E-state index < -0.39 is 10.9 Å². The van der Waals surface area contributed by atoms with Crippen LogP contribution in [0.2, 0.25) is 0 Å². The Morgan fingerprint density at radius 2 is 2.30 bits per heavy atom. The zero-order valence-corrected chi connectivity index (χ0v) is 10.4. The molecule has 0 amide bonds. The monoisotopic (exact) mass is 278 g/mol. The van der Waals surface area contributed by atoms with Crippen molar-refractivity contribution in [2.45, 2.75) is 13.5 Å². The molecule has 1 heterocycles. The van der Waals surface area contributed by atoms with Crippen LogP contribution in [-0.4, -0.2) is 21.0 Å². The molecule has 0 unspecified atom stereocenters. The number of nitrogens with two attached hydrogens (primary N) is 1. The van der Waals surface area contributed by atoms with Crippen LogP contribution in [0.25, 0.3) is 0 Å². The van der Waals surface area contributed by atoms with E-state index in [4.69, 9.17) is 15.0 Å². The fourth-order valence-electron chi connectivity index (χ4n) is 1.44. The number of rotatable bonds is 4. The fourth-order valence-corrected chi connectivity index (χ4v) is 1.44. The predicted octanol–water partition coefficient (Wildman–Crippen LogP) is 1.23. The molecule has 9 heteroatoms. The minimum atomic E-state index is -0.804. The van der Waals surface area contributed by atoms with Crippen LogP contribution in [0.15, 0.2) is 22.7 Å². The van der Waals surface area contributed by atoms with Gasteiger partial charge in [-0.1, -0.05) is 5.16 Å². The smallest absolute Gasteiger partial charge is 0.341 e. The molecule has 104 valence electrons. The maximum Gasteiger partial charge on any atom is 0.341 e. The van der Waals surface area contributed by atoms with E-state index >= 15 is 0 Å². The summed E-state index contributed by atoms with van der Waals surface area (Å²) < 4.78 is 9.67. The van der Waals surface area contributed by atoms with E-state index in [9.17, 15) is 14.9 Å². The number of non-ortho nitro benzene ring substituents is 1. The molecule has 0 bridgehead atoms. The van der Waals surface area contributed by atoms with Crippen LogP contribution in [0, 0.1) is 17.0 Å². The Morgan fingerprint density at radius 3 is 2.90 bits per heavy atom. The SMILES string of the molecule is Cc1noc(COC(=O)c2cc([N+](=O)[O-])ccc2N)n1. The second kappa shape index (κ2) is 5.34. The molecule has 1 aromatic carbocycles. The molecule has 0 radical (unpaired) electrons. The van der Waals surface area contributed by atoms with Gasteiger partial charge < -0.3 is 15.0 Å². The number of nitro benzene ring substituents is 1. The number of aromatic nitrogens is 2. The first-order valence-corrected chi connectivity index (χ1v) is 5.47. The van der Waals surface area contributed by atoms with Crippen molar-refractivity contribution in [3.8, 4) is 0 Å². The molecule has 0 spiro atoms. The van der Waals surface area contributed by atoms with Gasteiger partial charge in [0, 0.05) is 17.8 Å². The highest BCUT2D eigenvalue weighted by Crippen LogP contribution is 2.20. The van der Waals surface area contributed by atoms with E-state index in [0.29, 0.717) is 5.82 Å². The molecule has 0 aliphatic rings. The second-order valence-electron chi connectivity index (χ2n) is 3.84. The second-order valence-corrected chi connectivity index (χ2v) is 3.84. The predicted molar refractivity (Wildman–Crippen MR) is 65.7 cm³/mol. The van der Waals surface area contributed by atoms with Gasteiger partial charge in [0.25, 0.3) is 11.6 Å². The lowest BCUT2D eigenvalue weighted by Gasteiger charge is -2.04. The van der Waals surface area contributed by atoms with E-state index in [-0.39, 0.29) is 29.4 Å². The molecule has 0 aliphatic carbocycles. The first kappa shape index (κ1) is 13.5. The van der Waals surface area contributed by atoms with Crippen LogP contribution in [0.3, 0.4) is 0 Å². The van der Waals surface area contributed by atoms with Crippen LogP contribution in [0.5, 0.6) is 0 Å². The zero-order chi connectivity index (χ0) is 14.7. The zero-order valence-electron chi connectivity index (χ0n) is 10.4. The van der Waals surface area contributed by atoms with Gasteiger partial charge in [-0.2, -0.15) is 4.98 Å². The van der Waals surface area contributed by atoms with E-state index in [0.717, 1.165) is 6.07 Å². The topological polar surface area (TPSA) is 134 Å². The molecule has 2 rings (SSSR count). The van der Waals surface area contributed by atoms with Gasteiger partial charge in [-0.25, -0.2) is 4.79 Å². The summed E-state index contributed by atoms with van der Waals surface area (Å²) in [5.41, 5.74) is 5.34. The van der Waals surface area contributed by atoms with Crippen molar-refractivity contribution in [1.29, 1.82) is 0 Å². The molecule has 0 atom stereocenters. The Balaban J connectivity index is 2.12. The average molecular weight is 278 g/mol. The quantitative estimate of drug-likeness (QED) is 0.381. The van der Waals surface area contributed by atoms with Gasteiger partial charge in [0.1, 0.15) is 0 Å². The Hall–Kier alpha value is -2.97. The van der Waals surface area contributed by atoms with Gasteiger partial charge in [0.05, 0.1) is 10.5 Å². The van der Waals surface area contributed by atoms with Gasteiger partial charge in [0.2, 0.25) is 0 Å². The molecule has 0 saturated carbocycles. The van der Waals surface area contributed by atoms with Crippen LogP contribution in [-0.2, 0) is 11.3 Å². The number of nitro groups is 1. The largest absolute Gasteiger partial charge is 0.452 e. The summed E-state index contributed by atoms with van der Waals surface area (Å²) >= 11 is 0. The number of carbonyl (C=O) groups is 1. The lowest BCUT2D eigenvalue weighted by atomic mass is 10.1. The van der Waals surface area contributed by atoms with Gasteiger partial charge in [-0.3, -0.25) is 10.1 Å². The summed E-state index contributed by atoms with van der Waals surface area (Å²) in [4.78, 5) is 25.7. The molecule has 2 N–H and O–H groups in total. The first-order valence-electron chi connectivity index (χ1n) is 5.47. The number of carbonyl (C=O) groups excluding carboxylic acids is 1. The van der Waals surface area contributed by atoms with Crippen molar-refractivity contribution in [2.24, 2.45) is 0 Å². The number of benzene rings is 1. The summed E-state index contributed by atoms with van der Waals surface area (Å²) in [6.07, 6.45) is 0. The summed E-state index contributed by atoms with van der Waals surface area (Å²) in [5, 5.41) is 14.2. The lowest BCUT2D eigenvalue weighted by molar-refractivity contribution is -0.384. The third-order valence-electron chi connectivity index (χ3n) is 2.36. The average Bonchev–Trinajstić information content (AvgIpc) is 2.82. The number of nitrogen functional groups attached to an aromatic ring is 1. The van der Waals surface area contributed by atoms with Crippen LogP contribution >= 0.6 is 0 Å². The molecule has 0 fully saturated rings. The Morgan fingerprint density at radius 1 is 1.55 bits per heavy atom. The van der Waals surface area contributed by atoms with E-state index in [2.05, 4.69) is 10.1 Å². The van der Waals surface area contributed by atoms with Crippen molar-refractivity contribution >= 4 is 17.3 Å². The van der Waals surface area contributed by atoms with Crippen LogP contribution in [0.4, 0.5) is 11.4 Å². The van der Waals surface area contributed by atoms with Crippen molar-refractivity contribution in [1.82, 2.24) is 10.1 Å². The highest BCUT2D eigenvalue weighted by Gasteiger charge is 2.17. The minimum absolute atomic E-state index is 0.0855. The number of hydrogen-bond donors (Lipinski definition) is 1. The van der Waals surface area contributed by atoms with Gasteiger partial charge in [0.15, 0.2) is 12.4 Å². The Kier molecular flexibility index (Phi) is 3.60. The first-order chi connectivity index (χ1) is 9.47. The van der Waals surface area contributed by atoms with Crippen molar-refractivity contribution in [2.75, 3.05) is 5.73 Å². The maximum absolute atomic E-state index is 11.8. The number of ether oxygens (including phenoxy) is 1. The molecular weight excluding hydrogens is 268 g/mol. The Bertz CT molecular complexity index is 667. The maximum atomic E-state index is 11.8. The van der Waals surface area contributed by atoms with Crippen molar-refractivity contribution in [3.63, 3.8) is 0 Å². The number of anilines is 1. The molecular formula is C11H10N4O5. The Labute approximate surface area is 112 Å². The molecule has 9 nitrogen and oxygen atoms in total. The number of esters is 1. The number of nitrogens with zero attached hydrogens (tertiary/aromatic N) is 3. The van der Waals surface area contributed by atoms with E-state index in [1.165, 1.54) is 12.1 Å². The molecule has 2 aromatic rings. The lowest BCUT2D eigenvalue weighted by Crippen LogP contribution is -2.09. The molecule has 1 aromatic heterocycles. The normalized spacial score (nSPS) is 10.2. The highest BCUT2D eigenvalue weighted by molar-refractivity contribution is 5.95. The summed E-state index contributed by atoms with van der Waals surface area (Å²) in [5.74, 6) is -0.271. The summed E-state index contributed by atoms with van der Waals surface area (Å²) in [6, 6.07) is 3.52. The minimum Gasteiger partial charge on any atom is -0.452 e. The summed E-state index contributed by atoms with van der Waals surface area (Å²) in [6.45, 7) is 1.38. The van der Waals surface area contributed by atoms with E-state index in [1.54, 1.807) is 6.92 Å². The third-order valence-corrected chi connectivity index (χ3v) is 2.36. The molecule has 20 heavy (non-hydrogen) atoms. The van der Waals surface area contributed by atoms with Gasteiger partial charge in [-0.15, -0.1) is 0 Å². The van der Waals surface area contributed by atoms with Crippen LogP contribution < -0.4 is 5.73 Å². The molecule has 0 aliphatic heterocycles. The van der Waals surface area contributed by atoms with Crippen LogP contribution in [0.1, 0.15) is 22.1 Å². The van der Waals surface area contributed by atoms with E-state index in [1.807, 2.05) is 0 Å². The summed E-state index contributed by atoms with van der Waals surface area (Å²) in [7, 11) is 0. The van der Waals surface area contributed by atoms with Crippen molar-refractivity contribution in [3.05, 3.63) is 45.6 Å².